The Balaban J connectivity index is 1.95. The molecule has 0 saturated heterocycles. The van der Waals surface area contributed by atoms with E-state index in [0.717, 1.165) is 54.0 Å². The van der Waals surface area contributed by atoms with Crippen LogP contribution < -0.4 is 0 Å². The average molecular weight is 296 g/mol. The van der Waals surface area contributed by atoms with Gasteiger partial charge in [-0.2, -0.15) is 0 Å². The topological polar surface area (TPSA) is 40.5 Å². The molecule has 2 unspecified atom stereocenters. The summed E-state index contributed by atoms with van der Waals surface area (Å²) in [5, 5.41) is 23.4. The van der Waals surface area contributed by atoms with Crippen LogP contribution in [0.1, 0.15) is 68.6 Å². The summed E-state index contributed by atoms with van der Waals surface area (Å²) in [6.07, 6.45) is 6.69. The first-order valence-electron chi connectivity index (χ1n) is 8.56. The SMILES string of the molecule is CCCCc1ccc2c(O)c3c(c(O)c2c1)C1CCC3(C)C1. The number of aryl methyl sites for hydroxylation is 1. The van der Waals surface area contributed by atoms with Crippen molar-refractivity contribution in [1.82, 2.24) is 0 Å². The summed E-state index contributed by atoms with van der Waals surface area (Å²) >= 11 is 0. The highest BCUT2D eigenvalue weighted by atomic mass is 16.3. The monoisotopic (exact) mass is 296 g/mol. The second-order valence-electron chi connectivity index (χ2n) is 7.47. The van der Waals surface area contributed by atoms with Crippen LogP contribution in [-0.4, -0.2) is 10.2 Å². The molecule has 4 rings (SSSR count). The molecule has 2 aromatic carbocycles. The smallest absolute Gasteiger partial charge is 0.127 e. The summed E-state index contributed by atoms with van der Waals surface area (Å²) in [4.78, 5) is 0. The molecule has 0 amide bonds. The van der Waals surface area contributed by atoms with Crippen LogP contribution in [0.3, 0.4) is 0 Å². The minimum atomic E-state index is 0.0522. The van der Waals surface area contributed by atoms with Crippen molar-refractivity contribution < 1.29 is 10.2 Å². The van der Waals surface area contributed by atoms with E-state index in [1.165, 1.54) is 12.0 Å². The minimum Gasteiger partial charge on any atom is -0.507 e. The van der Waals surface area contributed by atoms with Crippen molar-refractivity contribution in [1.29, 1.82) is 0 Å². The van der Waals surface area contributed by atoms with E-state index in [0.29, 0.717) is 17.4 Å². The van der Waals surface area contributed by atoms with E-state index in [4.69, 9.17) is 0 Å². The number of phenolic OH excluding ortho intramolecular Hbond substituents is 2. The molecular formula is C20H24O2. The number of unbranched alkanes of at least 4 members (excludes halogenated alkanes) is 1. The van der Waals surface area contributed by atoms with Crippen LogP contribution >= 0.6 is 0 Å². The van der Waals surface area contributed by atoms with Crippen molar-refractivity contribution in [2.24, 2.45) is 0 Å². The number of benzene rings is 2. The zero-order chi connectivity index (χ0) is 15.5. The van der Waals surface area contributed by atoms with Gasteiger partial charge in [0.25, 0.3) is 0 Å². The molecule has 0 aliphatic heterocycles. The van der Waals surface area contributed by atoms with Crippen molar-refractivity contribution >= 4 is 10.8 Å². The summed E-state index contributed by atoms with van der Waals surface area (Å²) in [6.45, 7) is 4.42. The number of hydrogen-bond acceptors (Lipinski definition) is 2. The summed E-state index contributed by atoms with van der Waals surface area (Å²) in [7, 11) is 0. The molecule has 1 fully saturated rings. The van der Waals surface area contributed by atoms with Crippen LogP contribution in [0, 0.1) is 0 Å². The predicted octanol–water partition coefficient (Wildman–Crippen LogP) is 5.13. The second-order valence-corrected chi connectivity index (χ2v) is 7.47. The lowest BCUT2D eigenvalue weighted by atomic mass is 9.78. The molecule has 22 heavy (non-hydrogen) atoms. The Kier molecular flexibility index (Phi) is 2.94. The van der Waals surface area contributed by atoms with Crippen LogP contribution in [0.15, 0.2) is 18.2 Å². The van der Waals surface area contributed by atoms with Crippen molar-refractivity contribution in [2.45, 2.75) is 63.7 Å². The molecule has 2 bridgehead atoms. The Bertz CT molecular complexity index is 762. The van der Waals surface area contributed by atoms with Gasteiger partial charge < -0.3 is 10.2 Å². The van der Waals surface area contributed by atoms with Crippen molar-refractivity contribution in [3.8, 4) is 11.5 Å². The van der Waals surface area contributed by atoms with Crippen molar-refractivity contribution in [3.05, 3.63) is 34.9 Å². The summed E-state index contributed by atoms with van der Waals surface area (Å²) in [6, 6.07) is 6.17. The van der Waals surface area contributed by atoms with Gasteiger partial charge in [-0.15, -0.1) is 0 Å². The lowest BCUT2D eigenvalue weighted by molar-refractivity contribution is 0.427. The third kappa shape index (κ3) is 1.73. The van der Waals surface area contributed by atoms with Crippen molar-refractivity contribution in [2.75, 3.05) is 0 Å². The third-order valence-electron chi connectivity index (χ3n) is 5.93. The number of hydrogen-bond donors (Lipinski definition) is 2. The average Bonchev–Trinajstić information content (AvgIpc) is 3.04. The molecular weight excluding hydrogens is 272 g/mol. The first-order valence-corrected chi connectivity index (χ1v) is 8.56. The fraction of sp³-hybridized carbons (Fsp3) is 0.500. The van der Waals surface area contributed by atoms with Crippen molar-refractivity contribution in [3.63, 3.8) is 0 Å². The summed E-state index contributed by atoms with van der Waals surface area (Å²) < 4.78 is 0. The van der Waals surface area contributed by atoms with Gasteiger partial charge >= 0.3 is 0 Å². The van der Waals surface area contributed by atoms with Gasteiger partial charge in [-0.05, 0) is 55.1 Å². The van der Waals surface area contributed by atoms with E-state index in [-0.39, 0.29) is 5.41 Å². The summed E-state index contributed by atoms with van der Waals surface area (Å²) in [5.41, 5.74) is 3.36. The molecule has 0 spiro atoms. The zero-order valence-electron chi connectivity index (χ0n) is 13.4. The Morgan fingerprint density at radius 2 is 2.00 bits per heavy atom. The first-order chi connectivity index (χ1) is 10.5. The van der Waals surface area contributed by atoms with Crippen LogP contribution in [0.2, 0.25) is 0 Å². The minimum absolute atomic E-state index is 0.0522. The molecule has 0 heterocycles. The molecule has 2 atom stereocenters. The van der Waals surface area contributed by atoms with E-state index in [1.54, 1.807) is 0 Å². The molecule has 2 nitrogen and oxygen atoms in total. The number of aromatic hydroxyl groups is 2. The molecule has 2 aromatic rings. The normalized spacial score (nSPS) is 25.8. The highest BCUT2D eigenvalue weighted by Gasteiger charge is 2.49. The maximum absolute atomic E-state index is 10.9. The van der Waals surface area contributed by atoms with Gasteiger partial charge in [0.2, 0.25) is 0 Å². The fourth-order valence-corrected chi connectivity index (χ4v) is 4.78. The Morgan fingerprint density at radius 3 is 2.77 bits per heavy atom. The lowest BCUT2D eigenvalue weighted by Crippen LogP contribution is -2.16. The molecule has 1 saturated carbocycles. The van der Waals surface area contributed by atoms with E-state index in [1.807, 2.05) is 6.07 Å². The lowest BCUT2D eigenvalue weighted by Gasteiger charge is -2.27. The number of rotatable bonds is 3. The second kappa shape index (κ2) is 4.65. The van der Waals surface area contributed by atoms with E-state index in [9.17, 15) is 10.2 Å². The van der Waals surface area contributed by atoms with Gasteiger partial charge in [-0.1, -0.05) is 32.4 Å². The fourth-order valence-electron chi connectivity index (χ4n) is 4.78. The maximum atomic E-state index is 10.9. The molecule has 0 aromatic heterocycles. The highest BCUT2D eigenvalue weighted by Crippen LogP contribution is 2.63. The summed E-state index contributed by atoms with van der Waals surface area (Å²) in [5.74, 6) is 1.26. The van der Waals surface area contributed by atoms with Gasteiger partial charge in [0.1, 0.15) is 11.5 Å². The number of phenols is 2. The van der Waals surface area contributed by atoms with E-state index >= 15 is 0 Å². The van der Waals surface area contributed by atoms with E-state index in [2.05, 4.69) is 26.0 Å². The standard InChI is InChI=1S/C20H24O2/c1-3-4-5-12-6-7-14-15(10-12)18(21)16-13-8-9-20(2,11-13)17(16)19(14)22/h6-7,10,13,21-22H,3-5,8-9,11H2,1-2H3. The van der Waals surface area contributed by atoms with Crippen LogP contribution in [-0.2, 0) is 11.8 Å². The Hall–Kier alpha value is -1.70. The van der Waals surface area contributed by atoms with Crippen LogP contribution in [0.25, 0.3) is 10.8 Å². The van der Waals surface area contributed by atoms with Crippen LogP contribution in [0.5, 0.6) is 11.5 Å². The highest BCUT2D eigenvalue weighted by molar-refractivity contribution is 5.97. The first kappa shape index (κ1) is 13.9. The predicted molar refractivity (Wildman–Crippen MR) is 89.8 cm³/mol. The molecule has 2 aliphatic carbocycles. The molecule has 2 aliphatic rings. The van der Waals surface area contributed by atoms with E-state index < -0.39 is 0 Å². The van der Waals surface area contributed by atoms with Gasteiger partial charge in [0.15, 0.2) is 0 Å². The zero-order valence-corrected chi connectivity index (χ0v) is 13.4. The van der Waals surface area contributed by atoms with Crippen LogP contribution in [0.4, 0.5) is 0 Å². The molecule has 2 N–H and O–H groups in total. The van der Waals surface area contributed by atoms with Gasteiger partial charge in [0, 0.05) is 21.9 Å². The maximum Gasteiger partial charge on any atom is 0.127 e. The Labute approximate surface area is 131 Å². The molecule has 116 valence electrons. The van der Waals surface area contributed by atoms with Gasteiger partial charge in [0.05, 0.1) is 0 Å². The van der Waals surface area contributed by atoms with Gasteiger partial charge in [-0.3, -0.25) is 0 Å². The number of fused-ring (bicyclic) bond motifs is 6. The Morgan fingerprint density at radius 1 is 1.18 bits per heavy atom. The van der Waals surface area contributed by atoms with Gasteiger partial charge in [-0.25, -0.2) is 0 Å². The molecule has 0 radical (unpaired) electrons. The third-order valence-corrected chi connectivity index (χ3v) is 5.93. The largest absolute Gasteiger partial charge is 0.507 e. The quantitative estimate of drug-likeness (QED) is 0.771. The molecule has 2 heteroatoms.